The van der Waals surface area contributed by atoms with Crippen molar-refractivity contribution >= 4 is 15.7 Å². The van der Waals surface area contributed by atoms with Gasteiger partial charge in [0.15, 0.2) is 0 Å². The van der Waals surface area contributed by atoms with E-state index in [0.29, 0.717) is 19.5 Å². The molecule has 6 heteroatoms. The maximum Gasteiger partial charge on any atom is 0.220 e. The van der Waals surface area contributed by atoms with Gasteiger partial charge >= 0.3 is 0 Å². The lowest BCUT2D eigenvalue weighted by atomic mass is 9.71. The first-order chi connectivity index (χ1) is 9.78. The Morgan fingerprint density at radius 3 is 2.19 bits per heavy atom. The number of rotatable bonds is 7. The zero-order chi connectivity index (χ0) is 15.6. The van der Waals surface area contributed by atoms with E-state index in [0.717, 1.165) is 38.5 Å². The highest BCUT2D eigenvalue weighted by molar-refractivity contribution is 7.90. The van der Waals surface area contributed by atoms with Crippen molar-refractivity contribution in [2.75, 3.05) is 25.1 Å². The standard InChI is InChI=1S/C15H28N2O3S/c1-21(19,20)12-15(7-8-15)11-17-13(18)9-14(10-16)5-3-2-4-6-14/h2-12,16H2,1H3,(H,17,18). The summed E-state index contributed by atoms with van der Waals surface area (Å²) in [5.74, 6) is 0.213. The third-order valence-electron chi connectivity index (χ3n) is 5.07. The predicted octanol–water partition coefficient (Wildman–Crippen LogP) is 1.23. The average Bonchev–Trinajstić information content (AvgIpc) is 3.15. The maximum atomic E-state index is 12.2. The molecular formula is C15H28N2O3S. The van der Waals surface area contributed by atoms with Crippen molar-refractivity contribution in [3.8, 4) is 0 Å². The van der Waals surface area contributed by atoms with Crippen LogP contribution in [0.25, 0.3) is 0 Å². The van der Waals surface area contributed by atoms with Gasteiger partial charge in [0.05, 0.1) is 5.75 Å². The molecule has 0 radical (unpaired) electrons. The van der Waals surface area contributed by atoms with Crippen molar-refractivity contribution in [3.05, 3.63) is 0 Å². The molecule has 0 saturated heterocycles. The Morgan fingerprint density at radius 1 is 1.10 bits per heavy atom. The first-order valence-electron chi connectivity index (χ1n) is 7.93. The molecule has 0 aromatic rings. The molecule has 0 spiro atoms. The van der Waals surface area contributed by atoms with Gasteiger partial charge < -0.3 is 11.1 Å². The van der Waals surface area contributed by atoms with E-state index in [1.165, 1.54) is 12.7 Å². The van der Waals surface area contributed by atoms with Crippen molar-refractivity contribution in [2.24, 2.45) is 16.6 Å². The molecule has 0 bridgehead atoms. The molecule has 1 amide bonds. The molecule has 0 aliphatic heterocycles. The van der Waals surface area contributed by atoms with Crippen LogP contribution >= 0.6 is 0 Å². The molecular weight excluding hydrogens is 288 g/mol. The summed E-state index contributed by atoms with van der Waals surface area (Å²) in [4.78, 5) is 12.2. The largest absolute Gasteiger partial charge is 0.355 e. The monoisotopic (exact) mass is 316 g/mol. The third-order valence-corrected chi connectivity index (χ3v) is 6.21. The van der Waals surface area contributed by atoms with E-state index in [9.17, 15) is 13.2 Å². The quantitative estimate of drug-likeness (QED) is 0.739. The van der Waals surface area contributed by atoms with Crippen LogP contribution < -0.4 is 11.1 Å². The van der Waals surface area contributed by atoms with Crippen molar-refractivity contribution in [1.82, 2.24) is 5.32 Å². The van der Waals surface area contributed by atoms with Gasteiger partial charge in [0.25, 0.3) is 0 Å². The van der Waals surface area contributed by atoms with Crippen LogP contribution in [0.3, 0.4) is 0 Å². The van der Waals surface area contributed by atoms with E-state index in [4.69, 9.17) is 5.73 Å². The molecule has 0 unspecified atom stereocenters. The van der Waals surface area contributed by atoms with Crippen molar-refractivity contribution in [2.45, 2.75) is 51.4 Å². The minimum Gasteiger partial charge on any atom is -0.355 e. The first-order valence-corrected chi connectivity index (χ1v) is 9.99. The van der Waals surface area contributed by atoms with Crippen molar-refractivity contribution in [3.63, 3.8) is 0 Å². The summed E-state index contributed by atoms with van der Waals surface area (Å²) in [5.41, 5.74) is 5.67. The smallest absolute Gasteiger partial charge is 0.220 e. The van der Waals surface area contributed by atoms with Crippen LogP contribution in [0.2, 0.25) is 0 Å². The maximum absolute atomic E-state index is 12.2. The topological polar surface area (TPSA) is 89.3 Å². The van der Waals surface area contributed by atoms with Gasteiger partial charge in [-0.25, -0.2) is 8.42 Å². The fraction of sp³-hybridized carbons (Fsp3) is 0.933. The highest BCUT2D eigenvalue weighted by Crippen LogP contribution is 2.46. The van der Waals surface area contributed by atoms with Crippen LogP contribution in [0.5, 0.6) is 0 Å². The first kappa shape index (κ1) is 16.7. The fourth-order valence-corrected chi connectivity index (χ4v) is 5.05. The molecule has 3 N–H and O–H groups in total. The van der Waals surface area contributed by atoms with E-state index in [1.807, 2.05) is 0 Å². The number of carbonyl (C=O) groups excluding carboxylic acids is 1. The Balaban J connectivity index is 1.82. The Hall–Kier alpha value is -0.620. The Kier molecular flexibility index (Phi) is 4.98. The SMILES string of the molecule is CS(=O)(=O)CC1(CNC(=O)CC2(CN)CCCCC2)CC1. The van der Waals surface area contributed by atoms with Crippen LogP contribution in [-0.4, -0.2) is 39.4 Å². The highest BCUT2D eigenvalue weighted by atomic mass is 32.2. The Morgan fingerprint density at radius 2 is 1.71 bits per heavy atom. The molecule has 2 aliphatic rings. The number of sulfone groups is 1. The number of hydrogen-bond acceptors (Lipinski definition) is 4. The molecule has 122 valence electrons. The van der Waals surface area contributed by atoms with Gasteiger partial charge in [0.1, 0.15) is 9.84 Å². The van der Waals surface area contributed by atoms with Gasteiger partial charge in [-0.3, -0.25) is 4.79 Å². The van der Waals surface area contributed by atoms with E-state index in [1.54, 1.807) is 0 Å². The molecule has 2 fully saturated rings. The van der Waals surface area contributed by atoms with Crippen LogP contribution in [0.1, 0.15) is 51.4 Å². The molecule has 0 aromatic carbocycles. The number of nitrogens with two attached hydrogens (primary N) is 1. The second-order valence-electron chi connectivity index (χ2n) is 7.29. The molecule has 2 aliphatic carbocycles. The zero-order valence-electron chi connectivity index (χ0n) is 13.0. The van der Waals surface area contributed by atoms with Gasteiger partial charge in [0.2, 0.25) is 5.91 Å². The number of amides is 1. The number of nitrogens with one attached hydrogen (secondary N) is 1. The summed E-state index contributed by atoms with van der Waals surface area (Å²) in [7, 11) is -2.98. The van der Waals surface area contributed by atoms with E-state index < -0.39 is 9.84 Å². The lowest BCUT2D eigenvalue weighted by Crippen LogP contribution is -2.40. The van der Waals surface area contributed by atoms with Crippen molar-refractivity contribution in [1.29, 1.82) is 0 Å². The van der Waals surface area contributed by atoms with Crippen LogP contribution in [-0.2, 0) is 14.6 Å². The van der Waals surface area contributed by atoms with Gasteiger partial charge in [-0.1, -0.05) is 19.3 Å². The van der Waals surface area contributed by atoms with E-state index >= 15 is 0 Å². The average molecular weight is 316 g/mol. The summed E-state index contributed by atoms with van der Waals surface area (Å²) in [6.45, 7) is 1.05. The molecule has 0 atom stereocenters. The van der Waals surface area contributed by atoms with Crippen molar-refractivity contribution < 1.29 is 13.2 Å². The minimum atomic E-state index is -2.98. The van der Waals surface area contributed by atoms with E-state index in [2.05, 4.69) is 5.32 Å². The molecule has 0 heterocycles. The van der Waals surface area contributed by atoms with E-state index in [-0.39, 0.29) is 22.5 Å². The molecule has 5 nitrogen and oxygen atoms in total. The van der Waals surface area contributed by atoms with Crippen LogP contribution in [0.15, 0.2) is 0 Å². The van der Waals surface area contributed by atoms with Gasteiger partial charge in [-0.2, -0.15) is 0 Å². The van der Waals surface area contributed by atoms with Gasteiger partial charge in [0, 0.05) is 24.6 Å². The summed E-state index contributed by atoms with van der Waals surface area (Å²) in [6.07, 6.45) is 9.15. The number of carbonyl (C=O) groups is 1. The Labute approximate surface area is 128 Å². The summed E-state index contributed by atoms with van der Waals surface area (Å²) in [6, 6.07) is 0. The highest BCUT2D eigenvalue weighted by Gasteiger charge is 2.45. The normalized spacial score (nSPS) is 23.5. The van der Waals surface area contributed by atoms with Crippen LogP contribution in [0.4, 0.5) is 0 Å². The number of hydrogen-bond donors (Lipinski definition) is 2. The summed E-state index contributed by atoms with van der Waals surface area (Å²) >= 11 is 0. The summed E-state index contributed by atoms with van der Waals surface area (Å²) < 4.78 is 22.8. The molecule has 21 heavy (non-hydrogen) atoms. The lowest BCUT2D eigenvalue weighted by molar-refractivity contribution is -0.124. The third kappa shape index (κ3) is 4.95. The fourth-order valence-electron chi connectivity index (χ4n) is 3.55. The lowest BCUT2D eigenvalue weighted by Gasteiger charge is -2.35. The van der Waals surface area contributed by atoms with Gasteiger partial charge in [-0.15, -0.1) is 0 Å². The van der Waals surface area contributed by atoms with Crippen LogP contribution in [0, 0.1) is 10.8 Å². The Bertz CT molecular complexity index is 477. The second-order valence-corrected chi connectivity index (χ2v) is 9.43. The molecule has 2 rings (SSSR count). The zero-order valence-corrected chi connectivity index (χ0v) is 13.8. The second kappa shape index (κ2) is 6.24. The predicted molar refractivity (Wildman–Crippen MR) is 83.6 cm³/mol. The molecule has 2 saturated carbocycles. The minimum absolute atomic E-state index is 0.0297. The summed E-state index contributed by atoms with van der Waals surface area (Å²) in [5, 5.41) is 2.96. The van der Waals surface area contributed by atoms with Gasteiger partial charge in [-0.05, 0) is 37.6 Å². The molecule has 0 aromatic heterocycles.